The van der Waals surface area contributed by atoms with Gasteiger partial charge in [-0.2, -0.15) is 0 Å². The molecular formula is C15H25N3O2. The maximum absolute atomic E-state index is 11.7. The number of nitrogens with two attached hydrogens (primary N) is 1. The minimum atomic E-state index is -0.550. The lowest BCUT2D eigenvalue weighted by molar-refractivity contribution is -0.130. The molecule has 0 saturated heterocycles. The number of carbonyl (C=O) groups excluding carboxylic acids is 1. The van der Waals surface area contributed by atoms with E-state index in [1.165, 1.54) is 12.8 Å². The number of hydrogen-bond donors (Lipinski definition) is 2. The molecule has 1 rings (SSSR count). The molecule has 5 nitrogen and oxygen atoms in total. The molecule has 3 N–H and O–H groups in total. The van der Waals surface area contributed by atoms with E-state index in [1.807, 2.05) is 18.2 Å². The first-order valence-corrected chi connectivity index (χ1v) is 7.03. The third-order valence-corrected chi connectivity index (χ3v) is 3.20. The second kappa shape index (κ2) is 9.34. The van der Waals surface area contributed by atoms with Crippen LogP contribution in [0.1, 0.15) is 13.3 Å². The molecule has 0 spiro atoms. The largest absolute Gasteiger partial charge is 0.372 e. The smallest absolute Gasteiger partial charge is 0.250 e. The normalized spacial score (nSPS) is 11.9. The lowest BCUT2D eigenvalue weighted by Gasteiger charge is -2.23. The molecule has 1 amide bonds. The van der Waals surface area contributed by atoms with Crippen LogP contribution in [0.4, 0.5) is 5.69 Å². The van der Waals surface area contributed by atoms with Gasteiger partial charge in [-0.25, -0.2) is 0 Å². The molecule has 0 aliphatic carbocycles. The minimum Gasteiger partial charge on any atom is -0.372 e. The Labute approximate surface area is 121 Å². The monoisotopic (exact) mass is 279 g/mol. The molecule has 0 aliphatic heterocycles. The van der Waals surface area contributed by atoms with Crippen LogP contribution in [0.25, 0.3) is 0 Å². The summed E-state index contributed by atoms with van der Waals surface area (Å²) < 4.78 is 4.98. The summed E-state index contributed by atoms with van der Waals surface area (Å²) in [6, 6.07) is 10.3. The van der Waals surface area contributed by atoms with Crippen LogP contribution in [0.15, 0.2) is 30.3 Å². The van der Waals surface area contributed by atoms with E-state index in [0.717, 1.165) is 19.5 Å². The Kier molecular flexibility index (Phi) is 7.69. The van der Waals surface area contributed by atoms with E-state index in [4.69, 9.17) is 10.5 Å². The third-order valence-electron chi connectivity index (χ3n) is 3.20. The Hall–Kier alpha value is -1.59. The quantitative estimate of drug-likeness (QED) is 0.662. The number of nitrogens with one attached hydrogen (secondary N) is 1. The van der Waals surface area contributed by atoms with Gasteiger partial charge in [-0.15, -0.1) is 0 Å². The number of para-hydroxylation sites is 1. The fourth-order valence-electron chi connectivity index (χ4n) is 2.01. The summed E-state index contributed by atoms with van der Waals surface area (Å²) in [5.74, 6) is -0.141. The Morgan fingerprint density at radius 2 is 2.10 bits per heavy atom. The molecule has 0 fully saturated rings. The molecule has 0 saturated carbocycles. The number of carbonyl (C=O) groups is 1. The van der Waals surface area contributed by atoms with E-state index in [2.05, 4.69) is 29.3 Å². The van der Waals surface area contributed by atoms with Crippen molar-refractivity contribution in [3.63, 3.8) is 0 Å². The zero-order valence-corrected chi connectivity index (χ0v) is 12.3. The van der Waals surface area contributed by atoms with Gasteiger partial charge in [0.25, 0.3) is 0 Å². The lowest BCUT2D eigenvalue weighted by atomic mass is 10.2. The van der Waals surface area contributed by atoms with Gasteiger partial charge in [-0.1, -0.05) is 18.2 Å². The predicted octanol–water partition coefficient (Wildman–Crippen LogP) is 0.993. The summed E-state index contributed by atoms with van der Waals surface area (Å²) in [7, 11) is 1.49. The SMILES string of the molecule is CCN(CCCNC(=O)C(CN)OC)c1ccccc1. The average molecular weight is 279 g/mol. The maximum atomic E-state index is 11.7. The van der Waals surface area contributed by atoms with Gasteiger partial charge in [0.1, 0.15) is 6.10 Å². The van der Waals surface area contributed by atoms with Crippen molar-refractivity contribution in [2.24, 2.45) is 5.73 Å². The van der Waals surface area contributed by atoms with Crippen LogP contribution in [0.3, 0.4) is 0 Å². The van der Waals surface area contributed by atoms with Crippen molar-refractivity contribution in [2.45, 2.75) is 19.4 Å². The zero-order valence-electron chi connectivity index (χ0n) is 12.3. The second-order valence-corrected chi connectivity index (χ2v) is 4.52. The van der Waals surface area contributed by atoms with Crippen LogP contribution >= 0.6 is 0 Å². The van der Waals surface area contributed by atoms with E-state index in [-0.39, 0.29) is 12.5 Å². The highest BCUT2D eigenvalue weighted by molar-refractivity contribution is 5.80. The van der Waals surface area contributed by atoms with Crippen LogP contribution in [0.5, 0.6) is 0 Å². The summed E-state index contributed by atoms with van der Waals surface area (Å²) in [4.78, 5) is 13.9. The number of methoxy groups -OCH3 is 1. The summed E-state index contributed by atoms with van der Waals surface area (Å²) in [5, 5.41) is 2.84. The van der Waals surface area contributed by atoms with Gasteiger partial charge >= 0.3 is 0 Å². The van der Waals surface area contributed by atoms with Crippen molar-refractivity contribution in [1.29, 1.82) is 0 Å². The van der Waals surface area contributed by atoms with Crippen LogP contribution in [-0.2, 0) is 9.53 Å². The molecular weight excluding hydrogens is 254 g/mol. The maximum Gasteiger partial charge on any atom is 0.250 e. The van der Waals surface area contributed by atoms with E-state index in [0.29, 0.717) is 6.54 Å². The Morgan fingerprint density at radius 3 is 2.65 bits per heavy atom. The molecule has 0 radical (unpaired) electrons. The molecule has 0 heterocycles. The number of hydrogen-bond acceptors (Lipinski definition) is 4. The molecule has 1 aromatic carbocycles. The lowest BCUT2D eigenvalue weighted by Crippen LogP contribution is -2.41. The van der Waals surface area contributed by atoms with Gasteiger partial charge in [-0.3, -0.25) is 4.79 Å². The van der Waals surface area contributed by atoms with E-state index in [1.54, 1.807) is 0 Å². The van der Waals surface area contributed by atoms with Gasteiger partial charge in [-0.05, 0) is 25.5 Å². The van der Waals surface area contributed by atoms with Crippen LogP contribution in [0.2, 0.25) is 0 Å². The Bertz CT molecular complexity index is 380. The highest BCUT2D eigenvalue weighted by atomic mass is 16.5. The first-order valence-electron chi connectivity index (χ1n) is 7.03. The zero-order chi connectivity index (χ0) is 14.8. The van der Waals surface area contributed by atoms with E-state index >= 15 is 0 Å². The fourth-order valence-corrected chi connectivity index (χ4v) is 2.01. The van der Waals surface area contributed by atoms with Crippen LogP contribution < -0.4 is 16.0 Å². The molecule has 1 atom stereocenters. The second-order valence-electron chi connectivity index (χ2n) is 4.52. The molecule has 1 unspecified atom stereocenters. The number of amides is 1. The molecule has 0 aliphatic rings. The minimum absolute atomic E-state index is 0.141. The van der Waals surface area contributed by atoms with Gasteiger partial charge in [0.2, 0.25) is 5.91 Å². The Morgan fingerprint density at radius 1 is 1.40 bits per heavy atom. The highest BCUT2D eigenvalue weighted by Crippen LogP contribution is 2.12. The number of benzene rings is 1. The third kappa shape index (κ3) is 5.19. The first kappa shape index (κ1) is 16.5. The number of nitrogens with zero attached hydrogens (tertiary/aromatic N) is 1. The first-order chi connectivity index (χ1) is 9.72. The number of anilines is 1. The molecule has 5 heteroatoms. The van der Waals surface area contributed by atoms with Gasteiger partial charge < -0.3 is 20.7 Å². The topological polar surface area (TPSA) is 67.6 Å². The van der Waals surface area contributed by atoms with E-state index in [9.17, 15) is 4.79 Å². The standard InChI is InChI=1S/C15H25N3O2/c1-3-18(13-8-5-4-6-9-13)11-7-10-17-15(19)14(12-16)20-2/h4-6,8-9,14H,3,7,10-12,16H2,1-2H3,(H,17,19). The van der Waals surface area contributed by atoms with E-state index < -0.39 is 6.10 Å². The van der Waals surface area contributed by atoms with Crippen LogP contribution in [0, 0.1) is 0 Å². The van der Waals surface area contributed by atoms with Crippen molar-refractivity contribution in [3.8, 4) is 0 Å². The van der Waals surface area contributed by atoms with Crippen molar-refractivity contribution in [2.75, 3.05) is 38.2 Å². The molecule has 0 bridgehead atoms. The summed E-state index contributed by atoms with van der Waals surface area (Å²) in [6.07, 6.45) is 0.335. The predicted molar refractivity (Wildman–Crippen MR) is 81.8 cm³/mol. The molecule has 0 aromatic heterocycles. The van der Waals surface area contributed by atoms with Crippen LogP contribution in [-0.4, -0.2) is 45.3 Å². The number of rotatable bonds is 9. The molecule has 1 aromatic rings. The molecule has 112 valence electrons. The Balaban J connectivity index is 2.31. The summed E-state index contributed by atoms with van der Waals surface area (Å²) in [6.45, 7) is 4.80. The average Bonchev–Trinajstić information content (AvgIpc) is 2.49. The van der Waals surface area contributed by atoms with Crippen molar-refractivity contribution >= 4 is 11.6 Å². The molecule has 20 heavy (non-hydrogen) atoms. The number of ether oxygens (including phenoxy) is 1. The summed E-state index contributed by atoms with van der Waals surface area (Å²) >= 11 is 0. The van der Waals surface area contributed by atoms with Crippen molar-refractivity contribution in [3.05, 3.63) is 30.3 Å². The van der Waals surface area contributed by atoms with Crippen molar-refractivity contribution < 1.29 is 9.53 Å². The van der Waals surface area contributed by atoms with Gasteiger partial charge in [0.15, 0.2) is 0 Å². The van der Waals surface area contributed by atoms with Gasteiger partial charge in [0, 0.05) is 39.0 Å². The highest BCUT2D eigenvalue weighted by Gasteiger charge is 2.14. The summed E-state index contributed by atoms with van der Waals surface area (Å²) in [5.41, 5.74) is 6.65. The van der Waals surface area contributed by atoms with Crippen molar-refractivity contribution in [1.82, 2.24) is 5.32 Å². The van der Waals surface area contributed by atoms with Gasteiger partial charge in [0.05, 0.1) is 0 Å². The fraction of sp³-hybridized carbons (Fsp3) is 0.533.